The molecule has 8 nitrogen and oxygen atoms in total. The third kappa shape index (κ3) is 4.80. The number of urea groups is 1. The summed E-state index contributed by atoms with van der Waals surface area (Å²) in [5.74, 6) is -0.438. The van der Waals surface area contributed by atoms with Gasteiger partial charge in [0.15, 0.2) is 0 Å². The second-order valence-electron chi connectivity index (χ2n) is 5.50. The van der Waals surface area contributed by atoms with Crippen molar-refractivity contribution < 1.29 is 18.0 Å². The van der Waals surface area contributed by atoms with Crippen molar-refractivity contribution in [3.63, 3.8) is 0 Å². The van der Waals surface area contributed by atoms with Crippen molar-refractivity contribution in [1.82, 2.24) is 4.72 Å². The maximum Gasteiger partial charge on any atom is 0.316 e. The Morgan fingerprint density at radius 2 is 1.58 bits per heavy atom. The Balaban J connectivity index is 2.22. The Kier molecular flexibility index (Phi) is 5.96. The summed E-state index contributed by atoms with van der Waals surface area (Å²) < 4.78 is 26.6. The molecule has 5 N–H and O–H groups in total. The summed E-state index contributed by atoms with van der Waals surface area (Å²) in [4.78, 5) is 23.3. The third-order valence-corrected chi connectivity index (χ3v) is 5.05. The molecule has 0 unspecified atom stereocenters. The molecule has 0 aliphatic heterocycles. The second-order valence-corrected chi connectivity index (χ2v) is 7.27. The van der Waals surface area contributed by atoms with Crippen molar-refractivity contribution >= 4 is 33.3 Å². The number of aryl methyl sites for hydroxylation is 1. The number of benzene rings is 2. The van der Waals surface area contributed by atoms with Gasteiger partial charge < -0.3 is 16.4 Å². The van der Waals surface area contributed by atoms with Gasteiger partial charge in [-0.25, -0.2) is 17.9 Å². The van der Waals surface area contributed by atoms with Crippen molar-refractivity contribution in [2.45, 2.75) is 18.7 Å². The molecule has 0 atom stereocenters. The lowest BCUT2D eigenvalue weighted by atomic mass is 10.1. The molecule has 138 valence electrons. The average molecular weight is 376 g/mol. The number of nitrogens with one attached hydrogen (secondary N) is 3. The Labute approximate surface area is 151 Å². The number of hydrogen-bond donors (Lipinski definition) is 4. The van der Waals surface area contributed by atoms with Crippen molar-refractivity contribution in [3.8, 4) is 0 Å². The first kappa shape index (κ1) is 19.4. The van der Waals surface area contributed by atoms with Gasteiger partial charge in [0.2, 0.25) is 10.0 Å². The van der Waals surface area contributed by atoms with Crippen LogP contribution in [0.4, 0.5) is 16.2 Å². The van der Waals surface area contributed by atoms with E-state index in [1.54, 1.807) is 44.2 Å². The molecule has 0 bridgehead atoms. The normalized spacial score (nSPS) is 11.0. The van der Waals surface area contributed by atoms with Gasteiger partial charge in [0.1, 0.15) is 0 Å². The van der Waals surface area contributed by atoms with E-state index in [1.165, 1.54) is 12.1 Å². The molecule has 3 amide bonds. The van der Waals surface area contributed by atoms with Gasteiger partial charge in [0, 0.05) is 23.5 Å². The molecule has 2 rings (SSSR count). The van der Waals surface area contributed by atoms with Gasteiger partial charge in [-0.05, 0) is 48.9 Å². The summed E-state index contributed by atoms with van der Waals surface area (Å²) in [5, 5.41) is 5.11. The minimum Gasteiger partial charge on any atom is -0.351 e. The molecular formula is C17H20N4O4S. The monoisotopic (exact) mass is 376 g/mol. The van der Waals surface area contributed by atoms with Crippen LogP contribution in [-0.4, -0.2) is 26.9 Å². The zero-order valence-corrected chi connectivity index (χ0v) is 15.2. The van der Waals surface area contributed by atoms with Gasteiger partial charge in [-0.2, -0.15) is 0 Å². The topological polar surface area (TPSA) is 130 Å². The molecule has 0 aromatic heterocycles. The number of primary amides is 1. The van der Waals surface area contributed by atoms with E-state index in [0.717, 1.165) is 0 Å². The molecule has 0 aliphatic carbocycles. The van der Waals surface area contributed by atoms with E-state index in [9.17, 15) is 18.0 Å². The van der Waals surface area contributed by atoms with E-state index < -0.39 is 22.0 Å². The number of amides is 3. The van der Waals surface area contributed by atoms with Crippen molar-refractivity contribution in [3.05, 3.63) is 53.6 Å². The minimum atomic E-state index is -3.66. The molecule has 0 fully saturated rings. The van der Waals surface area contributed by atoms with Gasteiger partial charge >= 0.3 is 6.03 Å². The van der Waals surface area contributed by atoms with E-state index in [-0.39, 0.29) is 17.0 Å². The quantitative estimate of drug-likeness (QED) is 0.614. The number of hydrogen-bond acceptors (Lipinski definition) is 4. The fourth-order valence-corrected chi connectivity index (χ4v) is 3.33. The Morgan fingerprint density at radius 3 is 2.12 bits per heavy atom. The molecule has 2 aromatic rings. The summed E-state index contributed by atoms with van der Waals surface area (Å²) in [7, 11) is -3.66. The summed E-state index contributed by atoms with van der Waals surface area (Å²) in [6, 6.07) is 10.0. The van der Waals surface area contributed by atoms with Crippen LogP contribution >= 0.6 is 0 Å². The number of rotatable bonds is 6. The maximum atomic E-state index is 12.5. The van der Waals surface area contributed by atoms with Crippen LogP contribution in [-0.2, 0) is 10.0 Å². The average Bonchev–Trinajstić information content (AvgIpc) is 2.56. The minimum absolute atomic E-state index is 0.0242. The van der Waals surface area contributed by atoms with Gasteiger partial charge in [0.05, 0.1) is 4.90 Å². The lowest BCUT2D eigenvalue weighted by Crippen LogP contribution is -2.24. The van der Waals surface area contributed by atoms with Crippen molar-refractivity contribution in [2.75, 3.05) is 17.2 Å². The third-order valence-electron chi connectivity index (χ3n) is 3.51. The van der Waals surface area contributed by atoms with Gasteiger partial charge in [0.25, 0.3) is 5.91 Å². The van der Waals surface area contributed by atoms with Gasteiger partial charge in [-0.15, -0.1) is 0 Å². The zero-order chi connectivity index (χ0) is 19.3. The molecule has 9 heteroatoms. The van der Waals surface area contributed by atoms with Gasteiger partial charge in [-0.3, -0.25) is 4.79 Å². The van der Waals surface area contributed by atoms with E-state index in [2.05, 4.69) is 15.4 Å². The Hall–Kier alpha value is -2.91. The second kappa shape index (κ2) is 7.98. The highest BCUT2D eigenvalue weighted by molar-refractivity contribution is 7.89. The van der Waals surface area contributed by atoms with Crippen LogP contribution in [0, 0.1) is 6.92 Å². The first-order valence-corrected chi connectivity index (χ1v) is 9.29. The first-order chi connectivity index (χ1) is 12.2. The Bertz CT molecular complexity index is 924. The SMILES string of the molecule is CCNS(=O)(=O)c1ccc(C)c(C(=O)Nc2ccc(NC(N)=O)cc2)c1. The molecule has 0 heterocycles. The smallest absolute Gasteiger partial charge is 0.316 e. The first-order valence-electron chi connectivity index (χ1n) is 7.81. The molecule has 0 spiro atoms. The summed E-state index contributed by atoms with van der Waals surface area (Å²) in [5.41, 5.74) is 6.91. The van der Waals surface area contributed by atoms with Crippen LogP contribution in [0.3, 0.4) is 0 Å². The number of sulfonamides is 1. The molecule has 0 saturated heterocycles. The van der Waals surface area contributed by atoms with E-state index in [0.29, 0.717) is 16.9 Å². The van der Waals surface area contributed by atoms with Crippen LogP contribution in [0.5, 0.6) is 0 Å². The summed E-state index contributed by atoms with van der Waals surface area (Å²) in [6.45, 7) is 3.65. The van der Waals surface area contributed by atoms with E-state index in [4.69, 9.17) is 5.73 Å². The van der Waals surface area contributed by atoms with Crippen LogP contribution < -0.4 is 21.1 Å². The lowest BCUT2D eigenvalue weighted by molar-refractivity contribution is 0.102. The Morgan fingerprint density at radius 1 is 1.00 bits per heavy atom. The van der Waals surface area contributed by atoms with Crippen molar-refractivity contribution in [2.24, 2.45) is 5.73 Å². The van der Waals surface area contributed by atoms with Gasteiger partial charge in [-0.1, -0.05) is 13.0 Å². The number of carbonyl (C=O) groups is 2. The highest BCUT2D eigenvalue weighted by Gasteiger charge is 2.17. The highest BCUT2D eigenvalue weighted by atomic mass is 32.2. The number of anilines is 2. The summed E-state index contributed by atoms with van der Waals surface area (Å²) in [6.07, 6.45) is 0. The molecule has 0 aliphatic rings. The lowest BCUT2D eigenvalue weighted by Gasteiger charge is -2.11. The van der Waals surface area contributed by atoms with Crippen LogP contribution in [0.1, 0.15) is 22.8 Å². The molecule has 0 saturated carbocycles. The molecular weight excluding hydrogens is 356 g/mol. The largest absolute Gasteiger partial charge is 0.351 e. The summed E-state index contributed by atoms with van der Waals surface area (Å²) >= 11 is 0. The standard InChI is InChI=1S/C17H20N4O4S/c1-3-19-26(24,25)14-9-4-11(2)15(10-14)16(22)20-12-5-7-13(8-6-12)21-17(18)23/h4-10,19H,3H2,1-2H3,(H,20,22)(H3,18,21,23). The number of nitrogens with two attached hydrogens (primary N) is 1. The van der Waals surface area contributed by atoms with E-state index in [1.807, 2.05) is 0 Å². The predicted octanol–water partition coefficient (Wildman–Crippen LogP) is 2.04. The van der Waals surface area contributed by atoms with E-state index >= 15 is 0 Å². The fourth-order valence-electron chi connectivity index (χ4n) is 2.26. The maximum absolute atomic E-state index is 12.5. The zero-order valence-electron chi connectivity index (χ0n) is 14.4. The molecule has 26 heavy (non-hydrogen) atoms. The molecule has 2 aromatic carbocycles. The van der Waals surface area contributed by atoms with Crippen molar-refractivity contribution in [1.29, 1.82) is 0 Å². The van der Waals surface area contributed by atoms with Crippen LogP contribution in [0.25, 0.3) is 0 Å². The fraction of sp³-hybridized carbons (Fsp3) is 0.176. The molecule has 0 radical (unpaired) electrons. The number of carbonyl (C=O) groups excluding carboxylic acids is 2. The van der Waals surface area contributed by atoms with Crippen LogP contribution in [0.15, 0.2) is 47.4 Å². The predicted molar refractivity (Wildman–Crippen MR) is 99.6 cm³/mol. The van der Waals surface area contributed by atoms with Crippen LogP contribution in [0.2, 0.25) is 0 Å². The highest BCUT2D eigenvalue weighted by Crippen LogP contribution is 2.19.